The summed E-state index contributed by atoms with van der Waals surface area (Å²) in [5.74, 6) is 0.0155. The number of carboxylic acid groups (broad SMARTS) is 1. The molecule has 0 radical (unpaired) electrons. The molecule has 5 aromatic rings. The van der Waals surface area contributed by atoms with Crippen LogP contribution >= 0.6 is 0 Å². The topological polar surface area (TPSA) is 139 Å². The maximum atomic E-state index is 13.9. The van der Waals surface area contributed by atoms with Crippen molar-refractivity contribution in [3.05, 3.63) is 108 Å². The summed E-state index contributed by atoms with van der Waals surface area (Å²) in [6.07, 6.45) is 0.0152. The van der Waals surface area contributed by atoms with Crippen LogP contribution in [0, 0.1) is 5.41 Å². The summed E-state index contributed by atoms with van der Waals surface area (Å²) in [5, 5.41) is 9.76. The van der Waals surface area contributed by atoms with E-state index < -0.39 is 35.7 Å². The molecule has 2 aromatic heterocycles. The molecule has 0 unspecified atom stereocenters. The number of likely N-dealkylation sites (N-methyl/N-ethyl adjacent to an activating group) is 1. The molecule has 4 heterocycles. The summed E-state index contributed by atoms with van der Waals surface area (Å²) < 4.78 is 41.1. The molecule has 55 heavy (non-hydrogen) atoms. The number of rotatable bonds is 9. The summed E-state index contributed by atoms with van der Waals surface area (Å²) in [7, 11) is 1.41. The number of H-pyrrole nitrogens is 2. The number of nitrogens with zero attached hydrogens (tertiary/aromatic N) is 5. The number of amides is 3. The van der Waals surface area contributed by atoms with Crippen LogP contribution in [0.4, 0.5) is 18.0 Å². The third-order valence-corrected chi connectivity index (χ3v) is 11.3. The lowest BCUT2D eigenvalue weighted by Gasteiger charge is -2.32. The van der Waals surface area contributed by atoms with Crippen LogP contribution in [0.1, 0.15) is 73.9 Å². The predicted octanol–water partition coefficient (Wildman–Crippen LogP) is 8.15. The monoisotopic (exact) mass is 751 g/mol. The number of aromatic amines is 2. The van der Waals surface area contributed by atoms with E-state index in [-0.39, 0.29) is 31.3 Å². The highest BCUT2D eigenvalue weighted by molar-refractivity contribution is 5.88. The summed E-state index contributed by atoms with van der Waals surface area (Å²) in [5.41, 5.74) is 3.62. The second kappa shape index (κ2) is 14.1. The molecule has 11 nitrogen and oxygen atoms in total. The van der Waals surface area contributed by atoms with Crippen molar-refractivity contribution in [1.82, 2.24) is 34.6 Å². The van der Waals surface area contributed by atoms with E-state index in [4.69, 9.17) is 0 Å². The molecule has 1 aliphatic carbocycles. The van der Waals surface area contributed by atoms with Crippen LogP contribution in [0.2, 0.25) is 0 Å². The zero-order chi connectivity index (χ0) is 38.5. The van der Waals surface area contributed by atoms with Crippen molar-refractivity contribution in [3.8, 4) is 33.6 Å². The first-order valence-corrected chi connectivity index (χ1v) is 18.5. The van der Waals surface area contributed by atoms with Crippen LogP contribution in [0.15, 0.2) is 91.3 Å². The molecule has 3 aliphatic rings. The van der Waals surface area contributed by atoms with Crippen LogP contribution in [0.5, 0.6) is 0 Å². The molecule has 8 rings (SSSR count). The van der Waals surface area contributed by atoms with Crippen molar-refractivity contribution in [2.24, 2.45) is 5.41 Å². The van der Waals surface area contributed by atoms with Gasteiger partial charge >= 0.3 is 12.3 Å². The Bertz CT molecular complexity index is 2200. The zero-order valence-electron chi connectivity index (χ0n) is 30.1. The highest BCUT2D eigenvalue weighted by Crippen LogP contribution is 2.59. The lowest BCUT2D eigenvalue weighted by Crippen LogP contribution is -2.44. The Labute approximate surface area is 315 Å². The molecule has 2 saturated heterocycles. The largest absolute Gasteiger partial charge is 0.465 e. The summed E-state index contributed by atoms with van der Waals surface area (Å²) in [6.45, 7) is 0.785. The Morgan fingerprint density at radius 3 is 1.71 bits per heavy atom. The number of hydrogen-bond acceptors (Lipinski definition) is 5. The fraction of sp³-hybridized carbons (Fsp3) is 0.341. The first kappa shape index (κ1) is 36.1. The van der Waals surface area contributed by atoms with Gasteiger partial charge in [0.25, 0.3) is 5.91 Å². The minimum atomic E-state index is -4.55. The van der Waals surface area contributed by atoms with Crippen LogP contribution in [-0.4, -0.2) is 84.0 Å². The molecule has 3 N–H and O–H groups in total. The number of alkyl halides is 3. The predicted molar refractivity (Wildman–Crippen MR) is 197 cm³/mol. The number of benzene rings is 3. The highest BCUT2D eigenvalue weighted by atomic mass is 19.4. The lowest BCUT2D eigenvalue weighted by atomic mass is 10.0. The van der Waals surface area contributed by atoms with Gasteiger partial charge in [-0.2, -0.15) is 13.2 Å². The van der Waals surface area contributed by atoms with Crippen molar-refractivity contribution in [2.45, 2.75) is 62.8 Å². The first-order chi connectivity index (χ1) is 26.4. The number of likely N-dealkylation sites (tertiary alicyclic amines) is 2. The van der Waals surface area contributed by atoms with E-state index in [1.807, 2.05) is 54.6 Å². The Balaban J connectivity index is 0.937. The summed E-state index contributed by atoms with van der Waals surface area (Å²) >= 11 is 0. The van der Waals surface area contributed by atoms with Crippen molar-refractivity contribution in [2.75, 3.05) is 20.1 Å². The normalized spacial score (nSPS) is 19.7. The minimum Gasteiger partial charge on any atom is -0.465 e. The van der Waals surface area contributed by atoms with E-state index in [0.29, 0.717) is 43.0 Å². The minimum absolute atomic E-state index is 0.156. The molecular weight excluding hydrogens is 711 g/mol. The maximum Gasteiger partial charge on any atom is 0.407 e. The number of carbonyl (C=O) groups is 3. The molecule has 14 heteroatoms. The van der Waals surface area contributed by atoms with Gasteiger partial charge in [0.2, 0.25) is 5.91 Å². The molecule has 3 amide bonds. The molecule has 3 aromatic carbocycles. The van der Waals surface area contributed by atoms with Gasteiger partial charge in [-0.1, -0.05) is 78.9 Å². The summed E-state index contributed by atoms with van der Waals surface area (Å²) in [6, 6.07) is 23.0. The standard InChI is InChI=1S/C41H40F3N7O4/c1-49(39(54)55)34(29-7-3-2-4-8-29)37(52)50-21-5-9-32(50)35-45-23-30(47-35)27-15-11-25(12-16-27)26-13-17-28(18-14-26)31-24-46-36(48-31)33-10-6-22-51(33)38(53)40(19-20-40)41(42,43)44/h2-4,7-8,11-18,23-24,32-34H,5-6,9-10,19-22H2,1H3,(H,45,47)(H,46,48)(H,54,55)/t32-,33-,34+/m0/s1. The fourth-order valence-corrected chi connectivity index (χ4v) is 8.05. The Kier molecular flexibility index (Phi) is 9.22. The van der Waals surface area contributed by atoms with E-state index >= 15 is 0 Å². The quantitative estimate of drug-likeness (QED) is 0.139. The first-order valence-electron chi connectivity index (χ1n) is 18.5. The van der Waals surface area contributed by atoms with E-state index in [2.05, 4.69) is 19.9 Å². The average Bonchev–Trinajstić information content (AvgIpc) is 3.69. The Morgan fingerprint density at radius 2 is 1.24 bits per heavy atom. The van der Waals surface area contributed by atoms with Gasteiger partial charge in [0, 0.05) is 20.1 Å². The molecule has 0 bridgehead atoms. The van der Waals surface area contributed by atoms with E-state index in [9.17, 15) is 32.7 Å². The van der Waals surface area contributed by atoms with Gasteiger partial charge in [-0.3, -0.25) is 14.5 Å². The second-order valence-electron chi connectivity index (χ2n) is 14.7. The molecule has 2 aliphatic heterocycles. The van der Waals surface area contributed by atoms with Gasteiger partial charge in [-0.25, -0.2) is 14.8 Å². The number of nitrogens with one attached hydrogen (secondary N) is 2. The van der Waals surface area contributed by atoms with Crippen molar-refractivity contribution >= 4 is 17.9 Å². The molecule has 1 saturated carbocycles. The second-order valence-corrected chi connectivity index (χ2v) is 14.7. The highest BCUT2D eigenvalue weighted by Gasteiger charge is 2.70. The Hall–Kier alpha value is -5.92. The number of hydrogen-bond donors (Lipinski definition) is 3. The van der Waals surface area contributed by atoms with Gasteiger partial charge in [-0.05, 0) is 66.3 Å². The van der Waals surface area contributed by atoms with Crippen LogP contribution in [0.25, 0.3) is 33.6 Å². The van der Waals surface area contributed by atoms with E-state index in [1.165, 1.54) is 11.9 Å². The Morgan fingerprint density at radius 1 is 0.764 bits per heavy atom. The van der Waals surface area contributed by atoms with Crippen molar-refractivity contribution in [1.29, 1.82) is 0 Å². The average molecular weight is 752 g/mol. The number of carbonyl (C=O) groups excluding carboxylic acids is 2. The summed E-state index contributed by atoms with van der Waals surface area (Å²) in [4.78, 5) is 58.8. The number of imidazole rings is 2. The third-order valence-electron chi connectivity index (χ3n) is 11.3. The van der Waals surface area contributed by atoms with E-state index in [1.54, 1.807) is 41.6 Å². The molecule has 0 spiro atoms. The maximum absolute atomic E-state index is 13.9. The van der Waals surface area contributed by atoms with Gasteiger partial charge in [0.15, 0.2) is 0 Å². The van der Waals surface area contributed by atoms with Gasteiger partial charge in [0.05, 0.1) is 35.9 Å². The fourth-order valence-electron chi connectivity index (χ4n) is 8.05. The van der Waals surface area contributed by atoms with Crippen molar-refractivity contribution in [3.63, 3.8) is 0 Å². The number of halogens is 3. The smallest absolute Gasteiger partial charge is 0.407 e. The van der Waals surface area contributed by atoms with Crippen molar-refractivity contribution < 1.29 is 32.7 Å². The molecule has 3 fully saturated rings. The van der Waals surface area contributed by atoms with Crippen LogP contribution < -0.4 is 0 Å². The third kappa shape index (κ3) is 6.63. The van der Waals surface area contributed by atoms with Gasteiger partial charge in [0.1, 0.15) is 23.1 Å². The van der Waals surface area contributed by atoms with Crippen LogP contribution in [-0.2, 0) is 9.59 Å². The van der Waals surface area contributed by atoms with Gasteiger partial charge in [-0.15, -0.1) is 0 Å². The lowest BCUT2D eigenvalue weighted by molar-refractivity contribution is -0.199. The zero-order valence-corrected chi connectivity index (χ0v) is 30.1. The SMILES string of the molecule is CN(C(=O)O)[C@@H](C(=O)N1CCC[C@H]1c1ncc(-c2ccc(-c3ccc(-c4cnc([C@@H]5CCCN5C(=O)C5(C(F)(F)F)CC5)[nH]4)cc3)cc2)[nH]1)c1ccccc1. The molecule has 3 atom stereocenters. The molecular formula is C41H40F3N7O4. The number of aromatic nitrogens is 4. The molecule has 284 valence electrons. The van der Waals surface area contributed by atoms with E-state index in [0.717, 1.165) is 45.0 Å². The van der Waals surface area contributed by atoms with Crippen LogP contribution in [0.3, 0.4) is 0 Å². The van der Waals surface area contributed by atoms with Gasteiger partial charge < -0.3 is 24.9 Å².